The van der Waals surface area contributed by atoms with Gasteiger partial charge in [-0.05, 0) is 30.4 Å². The number of amides is 1. The van der Waals surface area contributed by atoms with Crippen molar-refractivity contribution in [3.8, 4) is 11.5 Å². The van der Waals surface area contributed by atoms with E-state index in [1.165, 1.54) is 24.4 Å². The average Bonchev–Trinajstić information content (AvgIpc) is 2.67. The van der Waals surface area contributed by atoms with Crippen LogP contribution in [0.15, 0.2) is 59.7 Å². The largest absolute Gasteiger partial charge is 0.485 e. The molecule has 8 nitrogen and oxygen atoms in total. The summed E-state index contributed by atoms with van der Waals surface area (Å²) in [5.74, 6) is 0.640. The third-order valence-corrected chi connectivity index (χ3v) is 3.55. The van der Waals surface area contributed by atoms with Crippen molar-refractivity contribution in [3.63, 3.8) is 0 Å². The number of nitro benzene ring substituents is 1. The van der Waals surface area contributed by atoms with Crippen molar-refractivity contribution in [2.45, 2.75) is 6.10 Å². The van der Waals surface area contributed by atoms with Crippen LogP contribution in [0.4, 0.5) is 5.69 Å². The molecule has 0 saturated heterocycles. The van der Waals surface area contributed by atoms with Gasteiger partial charge in [0.2, 0.25) is 6.10 Å². The molecule has 3 rings (SSSR count). The summed E-state index contributed by atoms with van der Waals surface area (Å²) in [6.07, 6.45) is 3.55. The van der Waals surface area contributed by atoms with Crippen molar-refractivity contribution in [3.05, 3.63) is 70.3 Å². The van der Waals surface area contributed by atoms with Gasteiger partial charge in [-0.25, -0.2) is 5.43 Å². The molecule has 0 spiro atoms. The van der Waals surface area contributed by atoms with Gasteiger partial charge in [0, 0.05) is 12.3 Å². The van der Waals surface area contributed by atoms with Crippen LogP contribution in [0.3, 0.4) is 0 Å². The number of rotatable bonds is 5. The smallest absolute Gasteiger partial charge is 0.284 e. The van der Waals surface area contributed by atoms with E-state index >= 15 is 0 Å². The predicted molar refractivity (Wildman–Crippen MR) is 95.1 cm³/mol. The molecule has 1 unspecified atom stereocenters. The van der Waals surface area contributed by atoms with Crippen LogP contribution in [0.2, 0.25) is 0 Å². The number of hydrazone groups is 1. The topological polar surface area (TPSA) is 103 Å². The number of carbonyl (C=O) groups is 1. The average molecular weight is 353 g/mol. The van der Waals surface area contributed by atoms with Gasteiger partial charge >= 0.3 is 0 Å². The fourth-order valence-electron chi connectivity index (χ4n) is 2.31. The van der Waals surface area contributed by atoms with Gasteiger partial charge in [0.05, 0.1) is 10.5 Å². The Hall–Kier alpha value is -3.68. The lowest BCUT2D eigenvalue weighted by Gasteiger charge is -2.24. The Kier molecular flexibility index (Phi) is 5.23. The number of allylic oxidation sites excluding steroid dienone is 1. The Labute approximate surface area is 148 Å². The van der Waals surface area contributed by atoms with Crippen LogP contribution in [-0.2, 0) is 4.79 Å². The maximum absolute atomic E-state index is 12.0. The number of carbonyl (C=O) groups excluding carboxylic acids is 1. The minimum absolute atomic E-state index is 0.00685. The Bertz CT molecular complexity index is 879. The van der Waals surface area contributed by atoms with Gasteiger partial charge in [-0.1, -0.05) is 24.3 Å². The third kappa shape index (κ3) is 4.04. The van der Waals surface area contributed by atoms with Crippen LogP contribution >= 0.6 is 0 Å². The molecule has 2 aromatic carbocycles. The highest BCUT2D eigenvalue weighted by Crippen LogP contribution is 2.30. The summed E-state index contributed by atoms with van der Waals surface area (Å²) in [6.45, 7) is 0.0877. The number of benzene rings is 2. The third-order valence-electron chi connectivity index (χ3n) is 3.55. The van der Waals surface area contributed by atoms with Crippen molar-refractivity contribution < 1.29 is 19.2 Å². The molecular formula is C18H15N3O5. The maximum Gasteiger partial charge on any atom is 0.284 e. The highest BCUT2D eigenvalue weighted by Gasteiger charge is 2.26. The summed E-state index contributed by atoms with van der Waals surface area (Å²) in [4.78, 5) is 22.5. The summed E-state index contributed by atoms with van der Waals surface area (Å²) < 4.78 is 11.0. The van der Waals surface area contributed by atoms with Crippen LogP contribution in [0.5, 0.6) is 11.5 Å². The minimum Gasteiger partial charge on any atom is -0.485 e. The van der Waals surface area contributed by atoms with Gasteiger partial charge in [-0.15, -0.1) is 0 Å². The van der Waals surface area contributed by atoms with E-state index in [1.54, 1.807) is 36.4 Å². The lowest BCUT2D eigenvalue weighted by atomic mass is 10.2. The van der Waals surface area contributed by atoms with Crippen molar-refractivity contribution in [2.24, 2.45) is 5.10 Å². The molecule has 0 aliphatic carbocycles. The van der Waals surface area contributed by atoms with Crippen molar-refractivity contribution >= 4 is 23.9 Å². The summed E-state index contributed by atoms with van der Waals surface area (Å²) in [6, 6.07) is 13.4. The van der Waals surface area contributed by atoms with E-state index < -0.39 is 16.9 Å². The maximum atomic E-state index is 12.0. The SMILES string of the molecule is O=C(N/N=C/C=C/c1ccccc1[N+](=O)[O-])C1COc2ccccc2O1. The van der Waals surface area contributed by atoms with Gasteiger partial charge in [0.25, 0.3) is 11.6 Å². The van der Waals surface area contributed by atoms with Gasteiger partial charge < -0.3 is 9.47 Å². The Balaban J connectivity index is 1.55. The molecule has 1 N–H and O–H groups in total. The first-order chi connectivity index (χ1) is 12.6. The zero-order valence-electron chi connectivity index (χ0n) is 13.6. The Morgan fingerprint density at radius 1 is 1.19 bits per heavy atom. The standard InChI is InChI=1S/C18H15N3O5/c22-18(17-12-25-15-9-3-4-10-16(15)26-17)20-19-11-5-7-13-6-1-2-8-14(13)21(23)24/h1-11,17H,12H2,(H,20,22)/b7-5+,19-11+. The normalized spacial score (nSPS) is 15.9. The molecule has 0 aromatic heterocycles. The van der Waals surface area contributed by atoms with Gasteiger partial charge in [-0.2, -0.15) is 5.10 Å². The van der Waals surface area contributed by atoms with Crippen LogP contribution in [-0.4, -0.2) is 29.8 Å². The van der Waals surface area contributed by atoms with Crippen molar-refractivity contribution in [1.29, 1.82) is 0 Å². The molecule has 0 bridgehead atoms. The minimum atomic E-state index is -0.804. The number of para-hydroxylation sites is 3. The van der Waals surface area contributed by atoms with Crippen LogP contribution in [0.25, 0.3) is 6.08 Å². The molecule has 0 radical (unpaired) electrons. The Morgan fingerprint density at radius 2 is 1.92 bits per heavy atom. The molecule has 1 aliphatic heterocycles. The van der Waals surface area contributed by atoms with Crippen molar-refractivity contribution in [1.82, 2.24) is 5.43 Å². The lowest BCUT2D eigenvalue weighted by Crippen LogP contribution is -2.42. The molecule has 0 saturated carbocycles. The molecule has 132 valence electrons. The number of nitro groups is 1. The van der Waals surface area contributed by atoms with Crippen molar-refractivity contribution in [2.75, 3.05) is 6.61 Å². The summed E-state index contributed by atoms with van der Waals surface area (Å²) in [5.41, 5.74) is 2.78. The number of fused-ring (bicyclic) bond motifs is 1. The highest BCUT2D eigenvalue weighted by atomic mass is 16.6. The zero-order chi connectivity index (χ0) is 18.4. The van der Waals surface area contributed by atoms with Crippen LogP contribution in [0.1, 0.15) is 5.56 Å². The molecule has 8 heteroatoms. The molecule has 2 aromatic rings. The first kappa shape index (κ1) is 17.2. The van der Waals surface area contributed by atoms with E-state index in [0.717, 1.165) is 0 Å². The number of nitrogens with zero attached hydrogens (tertiary/aromatic N) is 2. The molecule has 26 heavy (non-hydrogen) atoms. The molecule has 1 amide bonds. The lowest BCUT2D eigenvalue weighted by molar-refractivity contribution is -0.385. The van der Waals surface area contributed by atoms with Gasteiger partial charge in [0.1, 0.15) is 6.61 Å². The molecular weight excluding hydrogens is 338 g/mol. The van der Waals surface area contributed by atoms with Gasteiger partial charge in [0.15, 0.2) is 11.5 Å². The second-order valence-electron chi connectivity index (χ2n) is 5.29. The van der Waals surface area contributed by atoms with Crippen LogP contribution in [0, 0.1) is 10.1 Å². The fourth-order valence-corrected chi connectivity index (χ4v) is 2.31. The number of hydrogen-bond acceptors (Lipinski definition) is 6. The fraction of sp³-hybridized carbons (Fsp3) is 0.111. The molecule has 1 atom stereocenters. The monoisotopic (exact) mass is 353 g/mol. The van der Waals surface area contributed by atoms with Crippen LogP contribution < -0.4 is 14.9 Å². The molecule has 1 aliphatic rings. The number of hydrogen-bond donors (Lipinski definition) is 1. The number of ether oxygens (including phenoxy) is 2. The predicted octanol–water partition coefficient (Wildman–Crippen LogP) is 2.55. The highest BCUT2D eigenvalue weighted by molar-refractivity contribution is 5.84. The van der Waals surface area contributed by atoms with E-state index in [0.29, 0.717) is 17.1 Å². The first-order valence-corrected chi connectivity index (χ1v) is 7.76. The summed E-state index contributed by atoms with van der Waals surface area (Å²) in [7, 11) is 0. The first-order valence-electron chi connectivity index (χ1n) is 7.76. The van der Waals surface area contributed by atoms with E-state index in [-0.39, 0.29) is 12.3 Å². The summed E-state index contributed by atoms with van der Waals surface area (Å²) in [5, 5.41) is 14.7. The Morgan fingerprint density at radius 3 is 2.73 bits per heavy atom. The van der Waals surface area contributed by atoms with Gasteiger partial charge in [-0.3, -0.25) is 14.9 Å². The quantitative estimate of drug-likeness (QED) is 0.505. The van der Waals surface area contributed by atoms with E-state index in [9.17, 15) is 14.9 Å². The number of nitrogens with one attached hydrogen (secondary N) is 1. The van der Waals surface area contributed by atoms with E-state index in [1.807, 2.05) is 6.07 Å². The van der Waals surface area contributed by atoms with E-state index in [2.05, 4.69) is 10.5 Å². The second kappa shape index (κ2) is 7.93. The molecule has 1 heterocycles. The van der Waals surface area contributed by atoms with E-state index in [4.69, 9.17) is 9.47 Å². The summed E-state index contributed by atoms with van der Waals surface area (Å²) >= 11 is 0. The zero-order valence-corrected chi connectivity index (χ0v) is 13.6. The molecule has 0 fully saturated rings. The second-order valence-corrected chi connectivity index (χ2v) is 5.29.